The van der Waals surface area contributed by atoms with Crippen molar-refractivity contribution in [1.29, 1.82) is 0 Å². The molecule has 0 spiro atoms. The first kappa shape index (κ1) is 18.1. The molecule has 27 heavy (non-hydrogen) atoms. The Bertz CT molecular complexity index is 1020. The zero-order valence-electron chi connectivity index (χ0n) is 15.2. The molecule has 2 heterocycles. The summed E-state index contributed by atoms with van der Waals surface area (Å²) in [5, 5.41) is 15.6. The van der Waals surface area contributed by atoms with E-state index in [-0.39, 0.29) is 0 Å². The van der Waals surface area contributed by atoms with Gasteiger partial charge in [0.1, 0.15) is 0 Å². The lowest BCUT2D eigenvalue weighted by atomic mass is 9.96. The third kappa shape index (κ3) is 4.51. The Balaban J connectivity index is 1.68. The predicted molar refractivity (Wildman–Crippen MR) is 115 cm³/mol. The molecular formula is C19H22N6S2. The first-order valence-electron chi connectivity index (χ1n) is 9.21. The molecule has 1 aliphatic carbocycles. The first-order valence-corrected chi connectivity index (χ1v) is 10.4. The number of aryl methyl sites for hydroxylation is 1. The van der Waals surface area contributed by atoms with Gasteiger partial charge in [0.25, 0.3) is 0 Å². The molecular weight excluding hydrogens is 376 g/mol. The van der Waals surface area contributed by atoms with E-state index in [4.69, 9.17) is 17.2 Å². The van der Waals surface area contributed by atoms with Crippen molar-refractivity contribution in [3.8, 4) is 0 Å². The maximum absolute atomic E-state index is 5.15. The predicted octanol–water partition coefficient (Wildman–Crippen LogP) is 5.27. The molecule has 6 nitrogen and oxygen atoms in total. The number of aliphatic imine (C=N–C) groups is 1. The van der Waals surface area contributed by atoms with E-state index in [2.05, 4.69) is 31.9 Å². The number of nitrogens with zero attached hydrogens (tertiary/aromatic N) is 3. The SMILES string of the molecule is Cc1cc(NC(=NC2CCCCC2)Nc2n[nH]c(=S)s2)c2ccccc2n1. The van der Waals surface area contributed by atoms with Gasteiger partial charge >= 0.3 is 0 Å². The number of aromatic nitrogens is 3. The van der Waals surface area contributed by atoms with Gasteiger partial charge in [-0.2, -0.15) is 0 Å². The fourth-order valence-corrected chi connectivity index (χ4v) is 4.20. The summed E-state index contributed by atoms with van der Waals surface area (Å²) in [7, 11) is 0. The fourth-order valence-electron chi connectivity index (χ4n) is 3.41. The number of hydrogen-bond donors (Lipinski definition) is 3. The minimum Gasteiger partial charge on any atom is -0.325 e. The van der Waals surface area contributed by atoms with Crippen LogP contribution >= 0.6 is 23.6 Å². The third-order valence-electron chi connectivity index (χ3n) is 4.65. The van der Waals surface area contributed by atoms with E-state index >= 15 is 0 Å². The Morgan fingerprint density at radius 1 is 1.22 bits per heavy atom. The average molecular weight is 399 g/mol. The molecule has 2 aromatic heterocycles. The maximum Gasteiger partial charge on any atom is 0.211 e. The molecule has 3 N–H and O–H groups in total. The van der Waals surface area contributed by atoms with Crippen molar-refractivity contribution in [2.75, 3.05) is 10.6 Å². The van der Waals surface area contributed by atoms with Gasteiger partial charge < -0.3 is 10.6 Å². The molecule has 0 unspecified atom stereocenters. The van der Waals surface area contributed by atoms with Crippen molar-refractivity contribution in [2.24, 2.45) is 4.99 Å². The van der Waals surface area contributed by atoms with Crippen molar-refractivity contribution < 1.29 is 0 Å². The van der Waals surface area contributed by atoms with Gasteiger partial charge in [-0.05, 0) is 44.1 Å². The van der Waals surface area contributed by atoms with Crippen molar-refractivity contribution in [2.45, 2.75) is 45.1 Å². The summed E-state index contributed by atoms with van der Waals surface area (Å²) in [5.41, 5.74) is 2.91. The van der Waals surface area contributed by atoms with Crippen molar-refractivity contribution in [3.63, 3.8) is 0 Å². The molecule has 8 heteroatoms. The van der Waals surface area contributed by atoms with Gasteiger partial charge in [-0.25, -0.2) is 4.99 Å². The molecule has 3 aromatic rings. The highest BCUT2D eigenvalue weighted by molar-refractivity contribution is 7.73. The molecule has 1 fully saturated rings. The number of fused-ring (bicyclic) bond motifs is 1. The van der Waals surface area contributed by atoms with E-state index in [9.17, 15) is 0 Å². The van der Waals surface area contributed by atoms with E-state index in [0.717, 1.165) is 35.1 Å². The van der Waals surface area contributed by atoms with Crippen LogP contribution in [0.25, 0.3) is 10.9 Å². The maximum atomic E-state index is 5.15. The number of guanidine groups is 1. The van der Waals surface area contributed by atoms with E-state index < -0.39 is 0 Å². The molecule has 4 rings (SSSR count). The molecule has 140 valence electrons. The van der Waals surface area contributed by atoms with Gasteiger partial charge in [-0.1, -0.05) is 48.8 Å². The smallest absolute Gasteiger partial charge is 0.211 e. The Morgan fingerprint density at radius 2 is 2.04 bits per heavy atom. The van der Waals surface area contributed by atoms with Crippen LogP contribution in [0.15, 0.2) is 35.3 Å². The lowest BCUT2D eigenvalue weighted by Gasteiger charge is -2.20. The molecule has 0 amide bonds. The van der Waals surface area contributed by atoms with Gasteiger partial charge in [0, 0.05) is 11.1 Å². The second-order valence-electron chi connectivity index (χ2n) is 6.77. The number of rotatable bonds is 3. The Hall–Kier alpha value is -2.32. The average Bonchev–Trinajstić information content (AvgIpc) is 3.07. The van der Waals surface area contributed by atoms with Crippen LogP contribution < -0.4 is 10.6 Å². The molecule has 0 bridgehead atoms. The Kier molecular flexibility index (Phi) is 5.45. The number of anilines is 2. The summed E-state index contributed by atoms with van der Waals surface area (Å²) >= 11 is 6.55. The number of para-hydroxylation sites is 1. The van der Waals surface area contributed by atoms with Crippen molar-refractivity contribution in [1.82, 2.24) is 15.2 Å². The molecule has 0 atom stereocenters. The first-order chi connectivity index (χ1) is 13.2. The van der Waals surface area contributed by atoms with Crippen LogP contribution in [-0.4, -0.2) is 27.2 Å². The molecule has 1 aromatic carbocycles. The number of nitrogens with one attached hydrogen (secondary N) is 3. The van der Waals surface area contributed by atoms with Gasteiger partial charge in [-0.15, -0.1) is 5.10 Å². The number of pyridine rings is 1. The zero-order valence-corrected chi connectivity index (χ0v) is 16.8. The number of hydrogen-bond acceptors (Lipinski definition) is 5. The summed E-state index contributed by atoms with van der Waals surface area (Å²) < 4.78 is 0.639. The fraction of sp³-hybridized carbons (Fsp3) is 0.368. The van der Waals surface area contributed by atoms with Crippen molar-refractivity contribution >= 4 is 51.2 Å². The van der Waals surface area contributed by atoms with Crippen LogP contribution in [0.5, 0.6) is 0 Å². The largest absolute Gasteiger partial charge is 0.325 e. The summed E-state index contributed by atoms with van der Waals surface area (Å²) in [4.78, 5) is 9.58. The van der Waals surface area contributed by atoms with E-state index in [1.165, 1.54) is 30.6 Å². The van der Waals surface area contributed by atoms with Crippen LogP contribution in [0.2, 0.25) is 0 Å². The molecule has 0 aliphatic heterocycles. The van der Waals surface area contributed by atoms with Crippen LogP contribution in [0.4, 0.5) is 10.8 Å². The normalized spacial score (nSPS) is 15.8. The van der Waals surface area contributed by atoms with Crippen LogP contribution in [0.1, 0.15) is 37.8 Å². The van der Waals surface area contributed by atoms with Crippen LogP contribution in [-0.2, 0) is 0 Å². The molecule has 1 aliphatic rings. The highest BCUT2D eigenvalue weighted by atomic mass is 32.1. The van der Waals surface area contributed by atoms with Crippen molar-refractivity contribution in [3.05, 3.63) is 40.0 Å². The Morgan fingerprint density at radius 3 is 2.81 bits per heavy atom. The third-order valence-corrected chi connectivity index (χ3v) is 5.65. The quantitative estimate of drug-likeness (QED) is 0.318. The van der Waals surface area contributed by atoms with Crippen LogP contribution in [0.3, 0.4) is 0 Å². The summed E-state index contributed by atoms with van der Waals surface area (Å²) in [6.07, 6.45) is 6.02. The number of benzene rings is 1. The zero-order chi connectivity index (χ0) is 18.6. The second-order valence-corrected chi connectivity index (χ2v) is 8.43. The molecule has 0 radical (unpaired) electrons. The summed E-state index contributed by atoms with van der Waals surface area (Å²) in [5.74, 6) is 0.704. The van der Waals surface area contributed by atoms with Gasteiger partial charge in [-0.3, -0.25) is 10.1 Å². The Labute approximate surface area is 167 Å². The topological polar surface area (TPSA) is 78.0 Å². The minimum absolute atomic E-state index is 0.329. The van der Waals surface area contributed by atoms with E-state index in [0.29, 0.717) is 21.1 Å². The monoisotopic (exact) mass is 398 g/mol. The van der Waals surface area contributed by atoms with Gasteiger partial charge in [0.2, 0.25) is 11.1 Å². The highest BCUT2D eigenvalue weighted by Gasteiger charge is 2.15. The minimum atomic E-state index is 0.329. The van der Waals surface area contributed by atoms with Gasteiger partial charge in [0.05, 0.1) is 17.2 Å². The number of H-pyrrole nitrogens is 1. The summed E-state index contributed by atoms with van der Waals surface area (Å²) in [6.45, 7) is 2.00. The van der Waals surface area contributed by atoms with E-state index in [1.807, 2.05) is 31.2 Å². The highest BCUT2D eigenvalue weighted by Crippen LogP contribution is 2.25. The lowest BCUT2D eigenvalue weighted by Crippen LogP contribution is -2.26. The molecule has 0 saturated heterocycles. The lowest BCUT2D eigenvalue weighted by molar-refractivity contribution is 0.443. The number of aromatic amines is 1. The second kappa shape index (κ2) is 8.14. The summed E-state index contributed by atoms with van der Waals surface area (Å²) in [6, 6.07) is 10.5. The van der Waals surface area contributed by atoms with E-state index in [1.54, 1.807) is 0 Å². The molecule has 1 saturated carbocycles. The van der Waals surface area contributed by atoms with Gasteiger partial charge in [0.15, 0.2) is 3.95 Å². The standard InChI is InChI=1S/C19H22N6S2/c1-12-11-16(14-9-5-6-10-15(14)20-12)22-17(21-13-7-3-2-4-8-13)23-18-24-25-19(26)27-18/h5-6,9-11,13H,2-4,7-8H2,1H3,(H,25,26)(H2,20,21,22,23,24). The van der Waals surface area contributed by atoms with Crippen LogP contribution in [0, 0.1) is 10.9 Å².